The van der Waals surface area contributed by atoms with E-state index in [2.05, 4.69) is 5.32 Å². The maximum absolute atomic E-state index is 13.4. The summed E-state index contributed by atoms with van der Waals surface area (Å²) in [5.41, 5.74) is 0.199. The monoisotopic (exact) mass is 277 g/mol. The third-order valence-electron chi connectivity index (χ3n) is 2.67. The Morgan fingerprint density at radius 3 is 2.39 bits per heavy atom. The average molecular weight is 277 g/mol. The molecule has 0 aromatic heterocycles. The van der Waals surface area contributed by atoms with Gasteiger partial charge in [0.2, 0.25) is 0 Å². The Hall–Kier alpha value is -1.17. The Morgan fingerprint density at radius 2 is 1.83 bits per heavy atom. The number of rotatable bonds is 5. The summed E-state index contributed by atoms with van der Waals surface area (Å²) in [4.78, 5) is 0. The van der Waals surface area contributed by atoms with Crippen molar-refractivity contribution in [1.82, 2.24) is 0 Å². The largest absolute Gasteiger partial charge is 0.382 e. The highest BCUT2D eigenvalue weighted by atomic mass is 32.2. The predicted octanol–water partition coefficient (Wildman–Crippen LogP) is 2.51. The first kappa shape index (κ1) is 14.9. The maximum atomic E-state index is 13.4. The van der Waals surface area contributed by atoms with Crippen LogP contribution in [0.5, 0.6) is 0 Å². The van der Waals surface area contributed by atoms with Gasteiger partial charge in [0.05, 0.1) is 16.7 Å². The van der Waals surface area contributed by atoms with Crippen LogP contribution in [0.25, 0.3) is 0 Å². The third-order valence-corrected chi connectivity index (χ3v) is 4.88. The normalized spacial score (nSPS) is 11.9. The molecule has 1 N–H and O–H groups in total. The van der Waals surface area contributed by atoms with E-state index in [9.17, 15) is 17.2 Å². The molecule has 0 aliphatic heterocycles. The first-order valence-electron chi connectivity index (χ1n) is 5.65. The average Bonchev–Trinajstić information content (AvgIpc) is 2.25. The quantitative estimate of drug-likeness (QED) is 0.899. The molecular formula is C12H17F2NO2S. The summed E-state index contributed by atoms with van der Waals surface area (Å²) in [6.07, 6.45) is 0. The molecule has 0 saturated carbocycles. The zero-order valence-electron chi connectivity index (χ0n) is 10.6. The summed E-state index contributed by atoms with van der Waals surface area (Å²) in [5.74, 6) is -1.22. The maximum Gasteiger partial charge on any atom is 0.154 e. The summed E-state index contributed by atoms with van der Waals surface area (Å²) in [5, 5.41) is 2.12. The van der Waals surface area contributed by atoms with Crippen molar-refractivity contribution in [3.05, 3.63) is 29.3 Å². The van der Waals surface area contributed by atoms with Crippen LogP contribution in [-0.2, 0) is 9.84 Å². The number of anilines is 1. The summed E-state index contributed by atoms with van der Waals surface area (Å²) in [6.45, 7) is 4.69. The van der Waals surface area contributed by atoms with Crippen molar-refractivity contribution in [3.63, 3.8) is 0 Å². The molecule has 6 heteroatoms. The van der Waals surface area contributed by atoms with Crippen LogP contribution in [0, 0.1) is 18.6 Å². The minimum absolute atomic E-state index is 0.0166. The van der Waals surface area contributed by atoms with E-state index >= 15 is 0 Å². The molecule has 3 nitrogen and oxygen atoms in total. The minimum Gasteiger partial charge on any atom is -0.382 e. The molecule has 0 amide bonds. The number of benzene rings is 1. The van der Waals surface area contributed by atoms with E-state index in [4.69, 9.17) is 0 Å². The molecular weight excluding hydrogens is 260 g/mol. The number of hydrogen-bond donors (Lipinski definition) is 1. The minimum atomic E-state index is -3.18. The smallest absolute Gasteiger partial charge is 0.154 e. The van der Waals surface area contributed by atoms with Gasteiger partial charge in [0.15, 0.2) is 9.84 Å². The molecule has 0 bridgehead atoms. The Morgan fingerprint density at radius 1 is 1.22 bits per heavy atom. The van der Waals surface area contributed by atoms with Crippen molar-refractivity contribution in [3.8, 4) is 0 Å². The number of sulfone groups is 1. The molecule has 1 rings (SSSR count). The van der Waals surface area contributed by atoms with Gasteiger partial charge >= 0.3 is 0 Å². The molecule has 18 heavy (non-hydrogen) atoms. The van der Waals surface area contributed by atoms with Crippen LogP contribution in [0.2, 0.25) is 0 Å². The van der Waals surface area contributed by atoms with Crippen molar-refractivity contribution < 1.29 is 17.2 Å². The van der Waals surface area contributed by atoms with Crippen molar-refractivity contribution in [2.45, 2.75) is 26.0 Å². The molecule has 0 unspecified atom stereocenters. The van der Waals surface area contributed by atoms with E-state index in [1.807, 2.05) is 0 Å². The summed E-state index contributed by atoms with van der Waals surface area (Å²) in [6, 6.07) is 2.11. The van der Waals surface area contributed by atoms with Crippen LogP contribution in [0.4, 0.5) is 14.5 Å². The summed E-state index contributed by atoms with van der Waals surface area (Å²) in [7, 11) is -3.18. The van der Waals surface area contributed by atoms with Crippen LogP contribution < -0.4 is 5.32 Å². The molecule has 1 aromatic carbocycles. The third kappa shape index (κ3) is 3.66. The molecule has 0 atom stereocenters. The zero-order valence-corrected chi connectivity index (χ0v) is 11.4. The van der Waals surface area contributed by atoms with Gasteiger partial charge in [-0.25, -0.2) is 17.2 Å². The van der Waals surface area contributed by atoms with E-state index in [0.717, 1.165) is 12.1 Å². The Bertz CT molecular complexity index is 527. The fraction of sp³-hybridized carbons (Fsp3) is 0.500. The molecule has 0 aliphatic carbocycles. The van der Waals surface area contributed by atoms with Gasteiger partial charge in [-0.2, -0.15) is 0 Å². The van der Waals surface area contributed by atoms with Crippen LogP contribution >= 0.6 is 0 Å². The lowest BCUT2D eigenvalue weighted by Gasteiger charge is -2.11. The van der Waals surface area contributed by atoms with Crippen LogP contribution in [0.15, 0.2) is 12.1 Å². The lowest BCUT2D eigenvalue weighted by Crippen LogP contribution is -2.23. The van der Waals surface area contributed by atoms with E-state index in [0.29, 0.717) is 0 Å². The van der Waals surface area contributed by atoms with Gasteiger partial charge in [-0.05, 0) is 32.4 Å². The highest BCUT2D eigenvalue weighted by molar-refractivity contribution is 7.92. The van der Waals surface area contributed by atoms with E-state index in [-0.39, 0.29) is 23.5 Å². The van der Waals surface area contributed by atoms with Crippen LogP contribution in [0.1, 0.15) is 19.4 Å². The van der Waals surface area contributed by atoms with Gasteiger partial charge in [0, 0.05) is 12.6 Å². The highest BCUT2D eigenvalue weighted by Crippen LogP contribution is 2.18. The van der Waals surface area contributed by atoms with Crippen molar-refractivity contribution >= 4 is 15.5 Å². The molecule has 0 spiro atoms. The number of aryl methyl sites for hydroxylation is 1. The Kier molecular flexibility index (Phi) is 4.67. The van der Waals surface area contributed by atoms with Gasteiger partial charge in [-0.15, -0.1) is 0 Å². The lowest BCUT2D eigenvalue weighted by atomic mass is 10.2. The number of hydrogen-bond acceptors (Lipinski definition) is 3. The molecule has 0 fully saturated rings. The lowest BCUT2D eigenvalue weighted by molar-refractivity contribution is 0.586. The fourth-order valence-electron chi connectivity index (χ4n) is 1.35. The second-order valence-corrected chi connectivity index (χ2v) is 7.10. The van der Waals surface area contributed by atoms with Crippen LogP contribution in [-0.4, -0.2) is 26.0 Å². The fourth-order valence-corrected chi connectivity index (χ4v) is 2.20. The van der Waals surface area contributed by atoms with E-state index < -0.39 is 26.7 Å². The summed E-state index contributed by atoms with van der Waals surface area (Å²) >= 11 is 0. The van der Waals surface area contributed by atoms with Crippen molar-refractivity contribution in [2.75, 3.05) is 17.6 Å². The first-order valence-corrected chi connectivity index (χ1v) is 7.36. The molecule has 0 saturated heterocycles. The first-order chi connectivity index (χ1) is 8.24. The van der Waals surface area contributed by atoms with Gasteiger partial charge in [0.1, 0.15) is 11.6 Å². The SMILES string of the molecule is Cc1cc(F)c(NCCS(=O)(=O)C(C)C)cc1F. The second kappa shape index (κ2) is 5.65. The number of halogens is 2. The van der Waals surface area contributed by atoms with E-state index in [1.54, 1.807) is 13.8 Å². The van der Waals surface area contributed by atoms with Gasteiger partial charge in [-0.1, -0.05) is 0 Å². The molecule has 0 heterocycles. The summed E-state index contributed by atoms with van der Waals surface area (Å²) < 4.78 is 49.7. The Balaban J connectivity index is 2.68. The standard InChI is InChI=1S/C12H17F2NO2S/c1-8(2)18(16,17)5-4-15-12-7-10(13)9(3)6-11(12)14/h6-8,15H,4-5H2,1-3H3. The molecule has 1 aromatic rings. The van der Waals surface area contributed by atoms with Crippen molar-refractivity contribution in [1.29, 1.82) is 0 Å². The van der Waals surface area contributed by atoms with E-state index in [1.165, 1.54) is 6.92 Å². The number of nitrogens with one attached hydrogen (secondary N) is 1. The topological polar surface area (TPSA) is 46.2 Å². The van der Waals surface area contributed by atoms with Crippen LogP contribution in [0.3, 0.4) is 0 Å². The Labute approximate surface area is 106 Å². The van der Waals surface area contributed by atoms with Crippen molar-refractivity contribution in [2.24, 2.45) is 0 Å². The second-order valence-electron chi connectivity index (χ2n) is 4.42. The molecule has 102 valence electrons. The molecule has 0 aliphatic rings. The molecule has 0 radical (unpaired) electrons. The van der Waals surface area contributed by atoms with Gasteiger partial charge < -0.3 is 5.32 Å². The highest BCUT2D eigenvalue weighted by Gasteiger charge is 2.15. The zero-order chi connectivity index (χ0) is 13.9. The predicted molar refractivity (Wildman–Crippen MR) is 68.5 cm³/mol. The van der Waals surface area contributed by atoms with Gasteiger partial charge in [-0.3, -0.25) is 0 Å². The van der Waals surface area contributed by atoms with Gasteiger partial charge in [0.25, 0.3) is 0 Å².